The van der Waals surface area contributed by atoms with Gasteiger partial charge in [0, 0.05) is 5.92 Å². The Hall–Kier alpha value is -1.88. The molecule has 2 aromatic rings. The van der Waals surface area contributed by atoms with Gasteiger partial charge in [-0.05, 0) is 37.0 Å². The quantitative estimate of drug-likeness (QED) is 0.931. The average molecular weight is 272 g/mol. The van der Waals surface area contributed by atoms with Crippen molar-refractivity contribution in [1.82, 2.24) is 9.55 Å². The summed E-state index contributed by atoms with van der Waals surface area (Å²) in [6.45, 7) is 1.51. The molecule has 1 aliphatic carbocycles. The van der Waals surface area contributed by atoms with Crippen molar-refractivity contribution in [2.45, 2.75) is 18.9 Å². The molecule has 1 aliphatic heterocycles. The van der Waals surface area contributed by atoms with Crippen LogP contribution in [0.2, 0.25) is 0 Å². The van der Waals surface area contributed by atoms with Crippen molar-refractivity contribution >= 4 is 17.0 Å². The SMILES string of the molecule is O=C(O)c1ccc2ncn([C@H]3COC[C@@H]3C3CC3)c2c1. The molecular formula is C15H16N2O3. The van der Waals surface area contributed by atoms with Crippen molar-refractivity contribution in [2.75, 3.05) is 13.2 Å². The second kappa shape index (κ2) is 4.31. The Labute approximate surface area is 116 Å². The molecule has 0 unspecified atom stereocenters. The van der Waals surface area contributed by atoms with Gasteiger partial charge in [0.05, 0.1) is 42.2 Å². The highest BCUT2D eigenvalue weighted by Crippen LogP contribution is 2.45. The van der Waals surface area contributed by atoms with Crippen LogP contribution in [0, 0.1) is 11.8 Å². The molecule has 2 heterocycles. The second-order valence-corrected chi connectivity index (χ2v) is 5.77. The molecule has 1 saturated carbocycles. The summed E-state index contributed by atoms with van der Waals surface area (Å²) in [6.07, 6.45) is 4.40. The maximum Gasteiger partial charge on any atom is 0.335 e. The van der Waals surface area contributed by atoms with E-state index in [2.05, 4.69) is 9.55 Å². The van der Waals surface area contributed by atoms with Crippen molar-refractivity contribution in [3.8, 4) is 0 Å². The van der Waals surface area contributed by atoms with Gasteiger partial charge in [0.25, 0.3) is 0 Å². The van der Waals surface area contributed by atoms with Crippen LogP contribution in [0.5, 0.6) is 0 Å². The zero-order valence-electron chi connectivity index (χ0n) is 11.0. The molecule has 104 valence electrons. The highest BCUT2D eigenvalue weighted by atomic mass is 16.5. The van der Waals surface area contributed by atoms with E-state index in [0.717, 1.165) is 23.6 Å². The molecule has 4 rings (SSSR count). The van der Waals surface area contributed by atoms with Crippen molar-refractivity contribution in [2.24, 2.45) is 11.8 Å². The van der Waals surface area contributed by atoms with E-state index in [9.17, 15) is 4.79 Å². The first-order chi connectivity index (χ1) is 9.74. The summed E-state index contributed by atoms with van der Waals surface area (Å²) in [6, 6.07) is 5.38. The third-order valence-electron chi connectivity index (χ3n) is 4.50. The predicted molar refractivity (Wildman–Crippen MR) is 72.8 cm³/mol. The van der Waals surface area contributed by atoms with Crippen molar-refractivity contribution in [3.63, 3.8) is 0 Å². The van der Waals surface area contributed by atoms with Crippen molar-refractivity contribution in [3.05, 3.63) is 30.1 Å². The van der Waals surface area contributed by atoms with Gasteiger partial charge in [0.1, 0.15) is 0 Å². The molecule has 0 radical (unpaired) electrons. The lowest BCUT2D eigenvalue weighted by Gasteiger charge is -2.19. The molecule has 1 aromatic carbocycles. The number of ether oxygens (including phenoxy) is 1. The van der Waals surface area contributed by atoms with Crippen molar-refractivity contribution in [1.29, 1.82) is 0 Å². The van der Waals surface area contributed by atoms with Gasteiger partial charge in [0.15, 0.2) is 0 Å². The summed E-state index contributed by atoms with van der Waals surface area (Å²) in [7, 11) is 0. The molecule has 1 aromatic heterocycles. The summed E-state index contributed by atoms with van der Waals surface area (Å²) in [5.74, 6) is 0.407. The van der Waals surface area contributed by atoms with Gasteiger partial charge < -0.3 is 14.4 Å². The Morgan fingerprint density at radius 2 is 2.20 bits per heavy atom. The van der Waals surface area contributed by atoms with Crippen LogP contribution in [0.3, 0.4) is 0 Å². The number of carboxylic acid groups (broad SMARTS) is 1. The summed E-state index contributed by atoms with van der Waals surface area (Å²) >= 11 is 0. The van der Waals surface area contributed by atoms with E-state index in [0.29, 0.717) is 18.1 Å². The third-order valence-corrected chi connectivity index (χ3v) is 4.50. The van der Waals surface area contributed by atoms with E-state index in [-0.39, 0.29) is 6.04 Å². The van der Waals surface area contributed by atoms with Crippen LogP contribution in [-0.2, 0) is 4.74 Å². The molecular weight excluding hydrogens is 256 g/mol. The number of fused-ring (bicyclic) bond motifs is 1. The lowest BCUT2D eigenvalue weighted by molar-refractivity contribution is 0.0697. The summed E-state index contributed by atoms with van der Waals surface area (Å²) in [4.78, 5) is 15.5. The van der Waals surface area contributed by atoms with Gasteiger partial charge in [-0.3, -0.25) is 0 Å². The first kappa shape index (κ1) is 11.9. The predicted octanol–water partition coefficient (Wildman–Crippen LogP) is 2.33. The fourth-order valence-electron chi connectivity index (χ4n) is 3.24. The van der Waals surface area contributed by atoms with Crippen LogP contribution in [-0.4, -0.2) is 33.8 Å². The van der Waals surface area contributed by atoms with Crippen LogP contribution < -0.4 is 0 Å². The Morgan fingerprint density at radius 3 is 2.95 bits per heavy atom. The number of imidazole rings is 1. The molecule has 1 saturated heterocycles. The van der Waals surface area contributed by atoms with E-state index in [1.54, 1.807) is 18.2 Å². The normalized spacial score (nSPS) is 26.2. The Morgan fingerprint density at radius 1 is 1.35 bits per heavy atom. The summed E-state index contributed by atoms with van der Waals surface area (Å²) in [5.41, 5.74) is 2.05. The molecule has 1 N–H and O–H groups in total. The molecule has 5 heteroatoms. The highest BCUT2D eigenvalue weighted by molar-refractivity contribution is 5.92. The number of hydrogen-bond acceptors (Lipinski definition) is 3. The number of nitrogens with zero attached hydrogens (tertiary/aromatic N) is 2. The van der Waals surface area contributed by atoms with Gasteiger partial charge in [-0.2, -0.15) is 0 Å². The van der Waals surface area contributed by atoms with Crippen LogP contribution in [0.1, 0.15) is 29.2 Å². The number of aromatic nitrogens is 2. The van der Waals surface area contributed by atoms with E-state index in [1.807, 2.05) is 6.33 Å². The van der Waals surface area contributed by atoms with Gasteiger partial charge in [-0.25, -0.2) is 9.78 Å². The number of benzene rings is 1. The second-order valence-electron chi connectivity index (χ2n) is 5.77. The van der Waals surface area contributed by atoms with Crippen LogP contribution >= 0.6 is 0 Å². The third kappa shape index (κ3) is 1.81. The number of hydrogen-bond donors (Lipinski definition) is 1. The number of carboxylic acids is 1. The topological polar surface area (TPSA) is 64.3 Å². The lowest BCUT2D eigenvalue weighted by atomic mass is 9.98. The van der Waals surface area contributed by atoms with E-state index >= 15 is 0 Å². The number of aromatic carboxylic acids is 1. The van der Waals surface area contributed by atoms with Gasteiger partial charge in [0.2, 0.25) is 0 Å². The van der Waals surface area contributed by atoms with Crippen LogP contribution in [0.4, 0.5) is 0 Å². The zero-order chi connectivity index (χ0) is 13.7. The van der Waals surface area contributed by atoms with E-state index < -0.39 is 5.97 Å². The van der Waals surface area contributed by atoms with E-state index in [1.165, 1.54) is 12.8 Å². The molecule has 5 nitrogen and oxygen atoms in total. The molecule has 0 amide bonds. The highest BCUT2D eigenvalue weighted by Gasteiger charge is 2.41. The maximum absolute atomic E-state index is 11.1. The molecule has 2 fully saturated rings. The minimum Gasteiger partial charge on any atom is -0.478 e. The standard InChI is InChI=1S/C15H16N2O3/c18-15(19)10-3-4-12-13(5-10)17(8-16-12)14-7-20-6-11(14)9-1-2-9/h3-5,8-9,11,14H,1-2,6-7H2,(H,18,19)/t11-,14+/m1/s1. The first-order valence-electron chi connectivity index (χ1n) is 7.01. The van der Waals surface area contributed by atoms with Gasteiger partial charge in [-0.1, -0.05) is 0 Å². The minimum atomic E-state index is -0.902. The monoisotopic (exact) mass is 272 g/mol. The fraction of sp³-hybridized carbons (Fsp3) is 0.467. The Kier molecular flexibility index (Phi) is 2.57. The summed E-state index contributed by atoms with van der Waals surface area (Å²) in [5, 5.41) is 9.13. The molecule has 0 bridgehead atoms. The Balaban J connectivity index is 1.78. The summed E-state index contributed by atoms with van der Waals surface area (Å²) < 4.78 is 7.77. The zero-order valence-corrected chi connectivity index (χ0v) is 11.0. The van der Waals surface area contributed by atoms with Gasteiger partial charge >= 0.3 is 5.97 Å². The minimum absolute atomic E-state index is 0.288. The lowest BCUT2D eigenvalue weighted by Crippen LogP contribution is -2.18. The smallest absolute Gasteiger partial charge is 0.335 e. The van der Waals surface area contributed by atoms with Crippen LogP contribution in [0.25, 0.3) is 11.0 Å². The fourth-order valence-corrected chi connectivity index (χ4v) is 3.24. The average Bonchev–Trinajstić information content (AvgIpc) is 3.02. The molecule has 2 atom stereocenters. The number of rotatable bonds is 3. The Bertz CT molecular complexity index is 675. The number of carbonyl (C=O) groups is 1. The van der Waals surface area contributed by atoms with E-state index in [4.69, 9.17) is 9.84 Å². The molecule has 2 aliphatic rings. The van der Waals surface area contributed by atoms with Crippen molar-refractivity contribution < 1.29 is 14.6 Å². The molecule has 20 heavy (non-hydrogen) atoms. The van der Waals surface area contributed by atoms with Crippen LogP contribution in [0.15, 0.2) is 24.5 Å². The largest absolute Gasteiger partial charge is 0.478 e. The molecule has 0 spiro atoms. The maximum atomic E-state index is 11.1. The van der Waals surface area contributed by atoms with Gasteiger partial charge in [-0.15, -0.1) is 0 Å². The first-order valence-corrected chi connectivity index (χ1v) is 7.01.